The molecule has 0 aliphatic heterocycles. The van der Waals surface area contributed by atoms with Crippen LogP contribution >= 0.6 is 0 Å². The summed E-state index contributed by atoms with van der Waals surface area (Å²) in [5.74, 6) is 0.889. The number of ether oxygens (including phenoxy) is 1. The number of nitrogens with two attached hydrogens (primary N) is 1. The van der Waals surface area contributed by atoms with Gasteiger partial charge in [-0.25, -0.2) is 0 Å². The zero-order valence-corrected chi connectivity index (χ0v) is 8.44. The Labute approximate surface area is 84.3 Å². The highest BCUT2D eigenvalue weighted by molar-refractivity contribution is 5.22. The van der Waals surface area contributed by atoms with Gasteiger partial charge in [-0.2, -0.15) is 0 Å². The average Bonchev–Trinajstić information content (AvgIpc) is 2.52. The topological polar surface area (TPSA) is 48.1 Å². The Morgan fingerprint density at radius 2 is 2.36 bits per heavy atom. The number of aromatic nitrogens is 1. The monoisotopic (exact) mass is 192 g/mol. The Kier molecular flexibility index (Phi) is 2.68. The summed E-state index contributed by atoms with van der Waals surface area (Å²) >= 11 is 0. The summed E-state index contributed by atoms with van der Waals surface area (Å²) in [4.78, 5) is 4.12. The molecule has 0 saturated heterocycles. The lowest BCUT2D eigenvalue weighted by Gasteiger charge is -2.17. The molecular weight excluding hydrogens is 176 g/mol. The van der Waals surface area contributed by atoms with Crippen LogP contribution in [0, 0.1) is 6.92 Å². The summed E-state index contributed by atoms with van der Waals surface area (Å²) in [6.45, 7) is 1.96. The molecule has 0 bridgehead atoms. The van der Waals surface area contributed by atoms with E-state index in [2.05, 4.69) is 4.98 Å². The van der Waals surface area contributed by atoms with E-state index in [0.717, 1.165) is 24.3 Å². The summed E-state index contributed by atoms with van der Waals surface area (Å²) in [5, 5.41) is 0. The molecule has 1 aliphatic carbocycles. The van der Waals surface area contributed by atoms with Crippen LogP contribution in [0.15, 0.2) is 18.3 Å². The fraction of sp³-hybridized carbons (Fsp3) is 0.545. The lowest BCUT2D eigenvalue weighted by Crippen LogP contribution is -2.33. The van der Waals surface area contributed by atoms with E-state index in [1.807, 2.05) is 19.1 Å². The maximum Gasteiger partial charge on any atom is 0.123 e. The first-order valence-corrected chi connectivity index (χ1v) is 5.10. The van der Waals surface area contributed by atoms with Crippen molar-refractivity contribution in [2.24, 2.45) is 5.73 Å². The van der Waals surface area contributed by atoms with Crippen LogP contribution in [-0.2, 0) is 0 Å². The summed E-state index contributed by atoms with van der Waals surface area (Å²) < 4.78 is 5.80. The minimum atomic E-state index is 0.191. The van der Waals surface area contributed by atoms with Crippen LogP contribution in [0.4, 0.5) is 0 Å². The van der Waals surface area contributed by atoms with Gasteiger partial charge in [-0.3, -0.25) is 4.98 Å². The van der Waals surface area contributed by atoms with Gasteiger partial charge in [0.15, 0.2) is 0 Å². The quantitative estimate of drug-likeness (QED) is 0.775. The van der Waals surface area contributed by atoms with Gasteiger partial charge < -0.3 is 10.5 Å². The van der Waals surface area contributed by atoms with E-state index in [-0.39, 0.29) is 12.1 Å². The highest BCUT2D eigenvalue weighted by Gasteiger charge is 2.25. The third kappa shape index (κ3) is 2.04. The predicted molar refractivity (Wildman–Crippen MR) is 55.2 cm³/mol. The second-order valence-corrected chi connectivity index (χ2v) is 3.88. The number of pyridine rings is 1. The largest absolute Gasteiger partial charge is 0.489 e. The lowest BCUT2D eigenvalue weighted by molar-refractivity contribution is 0.191. The number of hydrogen-bond donors (Lipinski definition) is 1. The molecule has 0 amide bonds. The maximum atomic E-state index is 5.92. The van der Waals surface area contributed by atoms with Gasteiger partial charge >= 0.3 is 0 Å². The molecule has 1 aromatic heterocycles. The number of rotatable bonds is 2. The Bertz CT molecular complexity index is 314. The molecule has 1 aliphatic rings. The Hall–Kier alpha value is -1.09. The van der Waals surface area contributed by atoms with Gasteiger partial charge in [0.1, 0.15) is 11.9 Å². The molecule has 1 fully saturated rings. The second-order valence-electron chi connectivity index (χ2n) is 3.88. The Balaban J connectivity index is 2.03. The van der Waals surface area contributed by atoms with Crippen molar-refractivity contribution in [2.75, 3.05) is 0 Å². The minimum Gasteiger partial charge on any atom is -0.489 e. The van der Waals surface area contributed by atoms with Crippen LogP contribution in [0.2, 0.25) is 0 Å². The van der Waals surface area contributed by atoms with E-state index < -0.39 is 0 Å². The van der Waals surface area contributed by atoms with E-state index in [1.165, 1.54) is 6.42 Å². The molecule has 1 heterocycles. The van der Waals surface area contributed by atoms with Crippen molar-refractivity contribution < 1.29 is 4.74 Å². The number of hydrogen-bond acceptors (Lipinski definition) is 3. The fourth-order valence-corrected chi connectivity index (χ4v) is 1.87. The minimum absolute atomic E-state index is 0.191. The molecule has 1 saturated carbocycles. The van der Waals surface area contributed by atoms with Gasteiger partial charge in [-0.15, -0.1) is 0 Å². The van der Waals surface area contributed by atoms with Crippen LogP contribution in [0.3, 0.4) is 0 Å². The fourth-order valence-electron chi connectivity index (χ4n) is 1.87. The molecule has 0 spiro atoms. The van der Waals surface area contributed by atoms with Crippen molar-refractivity contribution in [3.05, 3.63) is 24.0 Å². The summed E-state index contributed by atoms with van der Waals surface area (Å²) in [7, 11) is 0. The normalized spacial score (nSPS) is 26.4. The molecule has 0 aromatic carbocycles. The van der Waals surface area contributed by atoms with E-state index in [1.54, 1.807) is 6.20 Å². The van der Waals surface area contributed by atoms with Gasteiger partial charge in [-0.05, 0) is 32.3 Å². The van der Waals surface area contributed by atoms with E-state index in [0.29, 0.717) is 0 Å². The van der Waals surface area contributed by atoms with Gasteiger partial charge in [0.2, 0.25) is 0 Å². The molecule has 2 atom stereocenters. The van der Waals surface area contributed by atoms with Crippen molar-refractivity contribution >= 4 is 0 Å². The molecule has 0 radical (unpaired) electrons. The highest BCUT2D eigenvalue weighted by Crippen LogP contribution is 2.23. The SMILES string of the molecule is Cc1cc(OC2CCCC2N)ccn1. The summed E-state index contributed by atoms with van der Waals surface area (Å²) in [6.07, 6.45) is 5.29. The highest BCUT2D eigenvalue weighted by atomic mass is 16.5. The predicted octanol–water partition coefficient (Wildman–Crippen LogP) is 1.65. The molecule has 2 unspecified atom stereocenters. The van der Waals surface area contributed by atoms with Crippen molar-refractivity contribution in [3.8, 4) is 5.75 Å². The first-order chi connectivity index (χ1) is 6.75. The molecule has 3 nitrogen and oxygen atoms in total. The molecule has 14 heavy (non-hydrogen) atoms. The lowest BCUT2D eigenvalue weighted by atomic mass is 10.2. The molecular formula is C11H16N2O. The van der Waals surface area contributed by atoms with Crippen LogP contribution in [-0.4, -0.2) is 17.1 Å². The summed E-state index contributed by atoms with van der Waals surface area (Å²) in [5.41, 5.74) is 6.90. The molecule has 1 aromatic rings. The van der Waals surface area contributed by atoms with E-state index in [4.69, 9.17) is 10.5 Å². The molecule has 2 N–H and O–H groups in total. The third-order valence-corrected chi connectivity index (χ3v) is 2.66. The zero-order valence-electron chi connectivity index (χ0n) is 8.44. The van der Waals surface area contributed by atoms with Gasteiger partial charge in [0, 0.05) is 24.0 Å². The average molecular weight is 192 g/mol. The van der Waals surface area contributed by atoms with Gasteiger partial charge in [0.05, 0.1) is 0 Å². The first-order valence-electron chi connectivity index (χ1n) is 5.10. The Morgan fingerprint density at radius 3 is 3.00 bits per heavy atom. The smallest absolute Gasteiger partial charge is 0.123 e. The second kappa shape index (κ2) is 3.96. The van der Waals surface area contributed by atoms with Crippen molar-refractivity contribution in [1.29, 1.82) is 0 Å². The first kappa shape index (κ1) is 9.46. The number of aryl methyl sites for hydroxylation is 1. The van der Waals surface area contributed by atoms with Crippen LogP contribution < -0.4 is 10.5 Å². The van der Waals surface area contributed by atoms with Gasteiger partial charge in [0.25, 0.3) is 0 Å². The van der Waals surface area contributed by atoms with Crippen LogP contribution in [0.25, 0.3) is 0 Å². The van der Waals surface area contributed by atoms with Crippen LogP contribution in [0.5, 0.6) is 5.75 Å². The Morgan fingerprint density at radius 1 is 1.50 bits per heavy atom. The molecule has 2 rings (SSSR count). The van der Waals surface area contributed by atoms with Crippen molar-refractivity contribution in [2.45, 2.75) is 38.3 Å². The van der Waals surface area contributed by atoms with Crippen LogP contribution in [0.1, 0.15) is 25.0 Å². The zero-order chi connectivity index (χ0) is 9.97. The standard InChI is InChI=1S/C11H16N2O/c1-8-7-9(5-6-13-8)14-11-4-2-3-10(11)12/h5-7,10-11H,2-4,12H2,1H3. The molecule has 76 valence electrons. The third-order valence-electron chi connectivity index (χ3n) is 2.66. The summed E-state index contributed by atoms with van der Waals surface area (Å²) in [6, 6.07) is 4.03. The van der Waals surface area contributed by atoms with Gasteiger partial charge in [-0.1, -0.05) is 0 Å². The molecule has 3 heteroatoms. The van der Waals surface area contributed by atoms with Crippen molar-refractivity contribution in [1.82, 2.24) is 4.98 Å². The number of nitrogens with zero attached hydrogens (tertiary/aromatic N) is 1. The van der Waals surface area contributed by atoms with E-state index >= 15 is 0 Å². The maximum absolute atomic E-state index is 5.92. The van der Waals surface area contributed by atoms with E-state index in [9.17, 15) is 0 Å². The van der Waals surface area contributed by atoms with Crippen molar-refractivity contribution in [3.63, 3.8) is 0 Å².